The van der Waals surface area contributed by atoms with Crippen LogP contribution in [-0.2, 0) is 9.53 Å². The number of anilines is 2. The molecule has 2 aliphatic heterocycles. The maximum atomic E-state index is 14.9. The van der Waals surface area contributed by atoms with E-state index in [1.165, 1.54) is 10.7 Å². The van der Waals surface area contributed by atoms with E-state index in [-0.39, 0.29) is 40.7 Å². The number of hydrogen-bond donors (Lipinski definition) is 2. The van der Waals surface area contributed by atoms with Gasteiger partial charge in [0.2, 0.25) is 17.9 Å². The second-order valence-corrected chi connectivity index (χ2v) is 12.9. The largest absolute Gasteiger partial charge is 0.465 e. The molecule has 13 heteroatoms. The third-order valence-corrected chi connectivity index (χ3v) is 9.70. The zero-order valence-electron chi connectivity index (χ0n) is 26.4. The highest BCUT2D eigenvalue weighted by molar-refractivity contribution is 5.76. The zero-order valence-corrected chi connectivity index (χ0v) is 26.4. The number of ether oxygens (including phenoxy) is 2. The summed E-state index contributed by atoms with van der Waals surface area (Å²) in [6.45, 7) is 5.82. The number of aryl methyl sites for hydroxylation is 1. The van der Waals surface area contributed by atoms with Gasteiger partial charge in [0.25, 0.3) is 0 Å². The molecule has 0 radical (unpaired) electrons. The minimum absolute atomic E-state index is 0.0257. The lowest BCUT2D eigenvalue weighted by Gasteiger charge is -2.39. The van der Waals surface area contributed by atoms with E-state index in [4.69, 9.17) is 15.2 Å². The monoisotopic (exact) mass is 641 g/mol. The fourth-order valence-corrected chi connectivity index (χ4v) is 7.23. The third-order valence-electron chi connectivity index (χ3n) is 9.70. The first kappa shape index (κ1) is 32.1. The van der Waals surface area contributed by atoms with Gasteiger partial charge >= 0.3 is 12.1 Å². The lowest BCUT2D eigenvalue weighted by molar-refractivity contribution is -0.198. The smallest absolute Gasteiger partial charge is 0.429 e. The maximum Gasteiger partial charge on any atom is 0.429 e. The molecule has 1 saturated carbocycles. The summed E-state index contributed by atoms with van der Waals surface area (Å²) in [6.07, 6.45) is 1.97. The fourth-order valence-electron chi connectivity index (χ4n) is 7.23. The Morgan fingerprint density at radius 2 is 1.89 bits per heavy atom. The average Bonchev–Trinajstić information content (AvgIpc) is 3.66. The lowest BCUT2D eigenvalue weighted by Crippen LogP contribution is -2.41. The van der Waals surface area contributed by atoms with Crippen molar-refractivity contribution in [1.82, 2.24) is 25.1 Å². The van der Waals surface area contributed by atoms with E-state index in [1.807, 2.05) is 11.0 Å². The lowest BCUT2D eigenvalue weighted by atomic mass is 9.76. The number of halogens is 3. The number of aromatic nitrogens is 4. The normalized spacial score (nSPS) is 21.0. The molecule has 1 aliphatic carbocycles. The Labute approximate surface area is 266 Å². The van der Waals surface area contributed by atoms with Gasteiger partial charge in [-0.15, -0.1) is 0 Å². The van der Waals surface area contributed by atoms with Gasteiger partial charge in [0.05, 0.1) is 18.0 Å². The second-order valence-electron chi connectivity index (χ2n) is 12.9. The van der Waals surface area contributed by atoms with E-state index in [1.54, 1.807) is 38.2 Å². The third kappa shape index (κ3) is 6.93. The molecule has 1 aromatic carbocycles. The number of esters is 1. The number of hydrogen-bond acceptors (Lipinski definition) is 9. The Morgan fingerprint density at radius 1 is 1.13 bits per heavy atom. The first-order chi connectivity index (χ1) is 22.0. The Hall–Kier alpha value is -3.87. The van der Waals surface area contributed by atoms with E-state index in [0.29, 0.717) is 49.9 Å². The van der Waals surface area contributed by atoms with Crippen LogP contribution < -0.4 is 20.7 Å². The molecule has 46 heavy (non-hydrogen) atoms. The number of rotatable bonds is 8. The van der Waals surface area contributed by atoms with Crippen LogP contribution in [0.4, 0.5) is 24.9 Å². The molecule has 3 aliphatic rings. The molecule has 1 spiro atoms. The minimum atomic E-state index is -4.76. The zero-order chi connectivity index (χ0) is 32.5. The first-order valence-electron chi connectivity index (χ1n) is 16.2. The number of carbonyl (C=O) groups is 1. The number of carbonyl (C=O) groups excluding carboxylic acids is 1. The highest BCUT2D eigenvalue weighted by Crippen LogP contribution is 2.43. The highest BCUT2D eigenvalue weighted by Gasteiger charge is 2.46. The van der Waals surface area contributed by atoms with Gasteiger partial charge in [-0.3, -0.25) is 4.79 Å². The van der Waals surface area contributed by atoms with Gasteiger partial charge in [-0.2, -0.15) is 28.2 Å². The van der Waals surface area contributed by atoms with Crippen molar-refractivity contribution in [3.8, 4) is 11.6 Å². The number of nitrogens with two attached hydrogens (primary N) is 1. The van der Waals surface area contributed by atoms with Crippen molar-refractivity contribution < 1.29 is 27.4 Å². The number of benzene rings is 1. The Balaban J connectivity index is 1.26. The van der Waals surface area contributed by atoms with Crippen LogP contribution in [0.25, 0.3) is 5.69 Å². The predicted octanol–water partition coefficient (Wildman–Crippen LogP) is 5.79. The van der Waals surface area contributed by atoms with E-state index in [0.717, 1.165) is 50.5 Å². The van der Waals surface area contributed by atoms with Crippen LogP contribution in [0.1, 0.15) is 87.1 Å². The van der Waals surface area contributed by atoms with Crippen molar-refractivity contribution in [2.75, 3.05) is 36.9 Å². The Morgan fingerprint density at radius 3 is 2.57 bits per heavy atom. The van der Waals surface area contributed by atoms with E-state index in [9.17, 15) is 18.0 Å². The molecule has 6 rings (SSSR count). The second kappa shape index (κ2) is 13.1. The van der Waals surface area contributed by atoms with Crippen LogP contribution in [0.3, 0.4) is 0 Å². The number of nitrogens with zero attached hydrogens (tertiary/aromatic N) is 5. The molecule has 0 unspecified atom stereocenters. The molecule has 0 bridgehead atoms. The van der Waals surface area contributed by atoms with E-state index < -0.39 is 12.3 Å². The number of piperidine rings is 1. The summed E-state index contributed by atoms with van der Waals surface area (Å²) >= 11 is 0. The molecule has 3 N–H and O–H groups in total. The quantitative estimate of drug-likeness (QED) is 0.294. The molecule has 2 atom stereocenters. The van der Waals surface area contributed by atoms with Crippen LogP contribution in [0.15, 0.2) is 36.5 Å². The summed E-state index contributed by atoms with van der Waals surface area (Å²) in [6, 6.07) is 8.12. The average molecular weight is 642 g/mol. The number of nitrogens with one attached hydrogen (secondary N) is 1. The standard InChI is InChI=1S/C33H42F3N7O3/c1-3-45-30(44)25-19-32(20-38-25)12-15-42(16-13-32)27-18-28(40-31(37)39-27)46-29(33(34,35)36)24-17-23(22-7-5-4-6-8-22)9-10-26(24)43-14-11-21(2)41-43/h9-11,14,17-18,22,25,29,38H,3-8,12-13,15-16,19-20H2,1-2H3,(H2,37,39,40)/t25-,29+/m0/s1. The number of nitrogen functional groups attached to an aromatic ring is 1. The van der Waals surface area contributed by atoms with Crippen LogP contribution in [0, 0.1) is 12.3 Å². The Bertz CT molecular complexity index is 1530. The van der Waals surface area contributed by atoms with Crippen LogP contribution in [0.2, 0.25) is 0 Å². The topological polar surface area (TPSA) is 120 Å². The van der Waals surface area contributed by atoms with Crippen molar-refractivity contribution >= 4 is 17.7 Å². The van der Waals surface area contributed by atoms with Crippen LogP contribution in [0.5, 0.6) is 5.88 Å². The molecule has 3 fully saturated rings. The van der Waals surface area contributed by atoms with Crippen molar-refractivity contribution in [2.45, 2.75) is 89.5 Å². The van der Waals surface area contributed by atoms with Crippen molar-refractivity contribution in [3.05, 3.63) is 53.3 Å². The first-order valence-corrected chi connectivity index (χ1v) is 16.2. The molecule has 10 nitrogen and oxygen atoms in total. The number of alkyl halides is 3. The molecule has 2 saturated heterocycles. The van der Waals surface area contributed by atoms with Gasteiger partial charge < -0.3 is 25.4 Å². The SMILES string of the molecule is CCOC(=O)[C@@H]1CC2(CCN(c3cc(O[C@H](c4cc(C5CCCCC5)ccc4-n4ccc(C)n4)C(F)(F)F)nc(N)n3)CC2)CN1. The van der Waals surface area contributed by atoms with E-state index >= 15 is 0 Å². The minimum Gasteiger partial charge on any atom is -0.465 e. The van der Waals surface area contributed by atoms with Crippen molar-refractivity contribution in [2.24, 2.45) is 5.41 Å². The summed E-state index contributed by atoms with van der Waals surface area (Å²) in [5.74, 6) is -0.0501. The van der Waals surface area contributed by atoms with E-state index in [2.05, 4.69) is 20.4 Å². The van der Waals surface area contributed by atoms with Gasteiger partial charge in [0.15, 0.2) is 0 Å². The molecular weight excluding hydrogens is 599 g/mol. The van der Waals surface area contributed by atoms with Gasteiger partial charge in [0.1, 0.15) is 11.9 Å². The summed E-state index contributed by atoms with van der Waals surface area (Å²) in [5.41, 5.74) is 7.82. The molecule has 3 aromatic rings. The van der Waals surface area contributed by atoms with Crippen molar-refractivity contribution in [3.63, 3.8) is 0 Å². The molecule has 0 amide bonds. The van der Waals surface area contributed by atoms with Gasteiger partial charge in [-0.1, -0.05) is 25.3 Å². The van der Waals surface area contributed by atoms with Crippen molar-refractivity contribution in [1.29, 1.82) is 0 Å². The molecule has 4 heterocycles. The molecule has 248 valence electrons. The summed E-state index contributed by atoms with van der Waals surface area (Å²) in [5, 5.41) is 7.71. The molecule has 2 aromatic heterocycles. The molecular formula is C33H42F3N7O3. The maximum absolute atomic E-state index is 14.9. The van der Waals surface area contributed by atoms with Crippen LogP contribution >= 0.6 is 0 Å². The highest BCUT2D eigenvalue weighted by atomic mass is 19.4. The summed E-state index contributed by atoms with van der Waals surface area (Å²) in [4.78, 5) is 22.7. The fraction of sp³-hybridized carbons (Fsp3) is 0.576. The predicted molar refractivity (Wildman–Crippen MR) is 167 cm³/mol. The Kier molecular flexibility index (Phi) is 9.13. The van der Waals surface area contributed by atoms with Gasteiger partial charge in [-0.05, 0) is 81.0 Å². The summed E-state index contributed by atoms with van der Waals surface area (Å²) in [7, 11) is 0. The van der Waals surface area contributed by atoms with Gasteiger partial charge in [-0.25, -0.2) is 4.68 Å². The van der Waals surface area contributed by atoms with Gasteiger partial charge in [0, 0.05) is 37.5 Å². The summed E-state index contributed by atoms with van der Waals surface area (Å²) < 4.78 is 57.3. The van der Waals surface area contributed by atoms with Crippen LogP contribution in [-0.4, -0.2) is 64.2 Å².